The topological polar surface area (TPSA) is 19.9 Å². The molecule has 0 aliphatic heterocycles. The first-order chi connectivity index (χ1) is 4.88. The molecule has 0 spiro atoms. The van der Waals surface area contributed by atoms with E-state index in [1.54, 1.807) is 0 Å². The maximum atomic E-state index is 11.5. The zero-order chi connectivity index (χ0) is 9.07. The Hall–Kier alpha value is 0.690. The van der Waals surface area contributed by atoms with Gasteiger partial charge in [-0.15, -0.1) is 0 Å². The van der Waals surface area contributed by atoms with Crippen LogP contribution in [0.15, 0.2) is 0 Å². The molecule has 0 aliphatic carbocycles. The lowest BCUT2D eigenvalue weighted by molar-refractivity contribution is -0.00488. The van der Waals surface area contributed by atoms with Crippen LogP contribution in [0.5, 0.6) is 0 Å². The summed E-state index contributed by atoms with van der Waals surface area (Å²) in [6.07, 6.45) is 1.50. The lowest BCUT2D eigenvalue weighted by Crippen LogP contribution is -2.27. The number of rotatable bonds is 3. The molecule has 0 aromatic rings. The van der Waals surface area contributed by atoms with Crippen LogP contribution in [-0.4, -0.2) is 10.0 Å². The van der Waals surface area contributed by atoms with E-state index >= 15 is 0 Å². The van der Waals surface area contributed by atoms with Crippen molar-refractivity contribution in [3.05, 3.63) is 0 Å². The van der Waals surface area contributed by atoms with Gasteiger partial charge in [0.05, 0.1) is 6.10 Å². The van der Waals surface area contributed by atoms with Gasteiger partial charge < -0.3 is 0 Å². The third-order valence-electron chi connectivity index (χ3n) is 1.88. The van der Waals surface area contributed by atoms with Gasteiger partial charge in [-0.2, -0.15) is 0 Å². The van der Waals surface area contributed by atoms with Crippen LogP contribution < -0.4 is 0 Å². The average Bonchev–Trinajstić information content (AvgIpc) is 1.85. The van der Waals surface area contributed by atoms with E-state index in [1.807, 2.05) is 20.8 Å². The van der Waals surface area contributed by atoms with Gasteiger partial charge in [-0.3, -0.25) is 0 Å². The van der Waals surface area contributed by atoms with Crippen LogP contribution >= 0.6 is 22.6 Å². The Morgan fingerprint density at radius 3 is 2.09 bits per heavy atom. The van der Waals surface area contributed by atoms with Crippen molar-refractivity contribution in [1.29, 1.82) is 0 Å². The maximum Gasteiger partial charge on any atom is 0.0988 e. The molecule has 0 heterocycles. The predicted octanol–water partition coefficient (Wildman–Crippen LogP) is 3.44. The number of halogens is 1. The molecule has 0 amide bonds. The Kier molecular flexibility index (Phi) is 4.94. The van der Waals surface area contributed by atoms with Crippen molar-refractivity contribution in [2.45, 2.75) is 50.6 Å². The van der Waals surface area contributed by atoms with Crippen molar-refractivity contribution in [2.75, 3.05) is 0 Å². The molecule has 11 heavy (non-hydrogen) atoms. The van der Waals surface area contributed by atoms with Crippen LogP contribution in [0.25, 0.3) is 0 Å². The smallest absolute Gasteiger partial charge is 0.0988 e. The Balaban J connectivity index is 3.77. The van der Waals surface area contributed by atoms with E-state index in [1.165, 1.54) is 0 Å². The molecule has 2 heteroatoms. The molecule has 2 unspecified atom stereocenters. The van der Waals surface area contributed by atoms with Crippen molar-refractivity contribution in [3.8, 4) is 0 Å². The molecule has 0 saturated carbocycles. The van der Waals surface area contributed by atoms with Crippen LogP contribution in [0.3, 0.4) is 0 Å². The van der Waals surface area contributed by atoms with Crippen LogP contribution in [0.4, 0.5) is 0 Å². The molecule has 0 rings (SSSR count). The first-order valence-corrected chi connectivity index (χ1v) is 5.42. The quantitative estimate of drug-likeness (QED) is 0.552. The van der Waals surface area contributed by atoms with Crippen molar-refractivity contribution in [3.63, 3.8) is 0 Å². The Morgan fingerprint density at radius 1 is 1.36 bits per heavy atom. The highest BCUT2D eigenvalue weighted by Crippen LogP contribution is 2.26. The highest BCUT2D eigenvalue weighted by Gasteiger charge is 2.25. The van der Waals surface area contributed by atoms with Gasteiger partial charge >= 0.3 is 0 Å². The van der Waals surface area contributed by atoms with Crippen LogP contribution in [0.2, 0.25) is 0 Å². The lowest BCUT2D eigenvalue weighted by atomic mass is 9.86. The van der Waals surface area contributed by atoms with E-state index in [-0.39, 0.29) is 5.41 Å². The summed E-state index contributed by atoms with van der Waals surface area (Å²) in [6, 6.07) is 0. The SMILES string of the molecule is CCC(I)CC([O])C(C)(C)C. The van der Waals surface area contributed by atoms with E-state index < -0.39 is 6.10 Å². The molecule has 0 aromatic carbocycles. The second-order valence-corrected chi connectivity index (χ2v) is 5.86. The summed E-state index contributed by atoms with van der Waals surface area (Å²) in [6.45, 7) is 8.18. The Bertz CT molecular complexity index is 107. The highest BCUT2D eigenvalue weighted by molar-refractivity contribution is 14.1. The molecule has 0 aliphatic rings. The number of hydrogen-bond donors (Lipinski definition) is 0. The van der Waals surface area contributed by atoms with Gasteiger partial charge in [0, 0.05) is 3.92 Å². The number of alkyl halides is 1. The van der Waals surface area contributed by atoms with E-state index in [2.05, 4.69) is 29.5 Å². The summed E-state index contributed by atoms with van der Waals surface area (Å²) in [7, 11) is 0. The van der Waals surface area contributed by atoms with Crippen LogP contribution in [-0.2, 0) is 5.11 Å². The van der Waals surface area contributed by atoms with Gasteiger partial charge in [0.1, 0.15) is 0 Å². The molecule has 2 atom stereocenters. The van der Waals surface area contributed by atoms with E-state index in [4.69, 9.17) is 0 Å². The minimum Gasteiger partial charge on any atom is -0.232 e. The zero-order valence-electron chi connectivity index (χ0n) is 7.86. The molecular formula is C9H18IO. The molecule has 0 saturated heterocycles. The lowest BCUT2D eigenvalue weighted by Gasteiger charge is -2.25. The summed E-state index contributed by atoms with van der Waals surface area (Å²) < 4.78 is 0.550. The standard InChI is InChI=1S/C9H18IO/c1-5-7(10)6-8(11)9(2,3)4/h7-8H,5-6H2,1-4H3. The summed E-state index contributed by atoms with van der Waals surface area (Å²) in [5.41, 5.74) is -0.0708. The fourth-order valence-corrected chi connectivity index (χ4v) is 1.21. The van der Waals surface area contributed by atoms with E-state index in [0.29, 0.717) is 3.92 Å². The summed E-state index contributed by atoms with van der Waals surface area (Å²) in [5, 5.41) is 11.5. The third kappa shape index (κ3) is 5.01. The first kappa shape index (κ1) is 11.7. The first-order valence-electron chi connectivity index (χ1n) is 4.17. The van der Waals surface area contributed by atoms with E-state index in [0.717, 1.165) is 12.8 Å². The van der Waals surface area contributed by atoms with E-state index in [9.17, 15) is 5.11 Å². The van der Waals surface area contributed by atoms with Gasteiger partial charge in [0.25, 0.3) is 0 Å². The molecule has 0 bridgehead atoms. The molecule has 0 N–H and O–H groups in total. The monoisotopic (exact) mass is 269 g/mol. The fourth-order valence-electron chi connectivity index (χ4n) is 0.753. The minimum atomic E-state index is -0.413. The van der Waals surface area contributed by atoms with Crippen molar-refractivity contribution >= 4 is 22.6 Å². The van der Waals surface area contributed by atoms with Gasteiger partial charge in [0.15, 0.2) is 0 Å². The molecule has 0 fully saturated rings. The predicted molar refractivity (Wildman–Crippen MR) is 56.6 cm³/mol. The van der Waals surface area contributed by atoms with Crippen molar-refractivity contribution < 1.29 is 5.11 Å². The second-order valence-electron chi connectivity index (χ2n) is 4.10. The van der Waals surface area contributed by atoms with Gasteiger partial charge in [-0.05, 0) is 18.3 Å². The number of hydrogen-bond acceptors (Lipinski definition) is 0. The molecular weight excluding hydrogens is 251 g/mol. The summed E-state index contributed by atoms with van der Waals surface area (Å²) in [4.78, 5) is 0. The summed E-state index contributed by atoms with van der Waals surface area (Å²) >= 11 is 2.36. The Labute approximate surface area is 83.7 Å². The Morgan fingerprint density at radius 2 is 1.82 bits per heavy atom. The molecule has 67 valence electrons. The molecule has 1 nitrogen and oxygen atoms in total. The van der Waals surface area contributed by atoms with Crippen molar-refractivity contribution in [2.24, 2.45) is 5.41 Å². The molecule has 1 radical (unpaired) electrons. The van der Waals surface area contributed by atoms with Gasteiger partial charge in [-0.1, -0.05) is 50.3 Å². The van der Waals surface area contributed by atoms with Gasteiger partial charge in [-0.25, -0.2) is 5.11 Å². The maximum absolute atomic E-state index is 11.5. The minimum absolute atomic E-state index is 0.0708. The normalized spacial score (nSPS) is 18.0. The van der Waals surface area contributed by atoms with Crippen LogP contribution in [0, 0.1) is 5.41 Å². The zero-order valence-corrected chi connectivity index (χ0v) is 10.0. The summed E-state index contributed by atoms with van der Waals surface area (Å²) in [5.74, 6) is 0. The highest BCUT2D eigenvalue weighted by atomic mass is 127. The second kappa shape index (κ2) is 4.65. The largest absolute Gasteiger partial charge is 0.232 e. The molecule has 0 aromatic heterocycles. The third-order valence-corrected chi connectivity index (χ3v) is 3.27. The fraction of sp³-hybridized carbons (Fsp3) is 1.00. The van der Waals surface area contributed by atoms with Gasteiger partial charge in [0.2, 0.25) is 0 Å². The van der Waals surface area contributed by atoms with Crippen molar-refractivity contribution in [1.82, 2.24) is 0 Å². The van der Waals surface area contributed by atoms with Crippen LogP contribution in [0.1, 0.15) is 40.5 Å². The average molecular weight is 269 g/mol.